The van der Waals surface area contributed by atoms with E-state index in [1.54, 1.807) is 7.05 Å². The second-order valence-electron chi connectivity index (χ2n) is 6.75. The van der Waals surface area contributed by atoms with Gasteiger partial charge in [0.2, 0.25) is 0 Å². The molecule has 5 nitrogen and oxygen atoms in total. The minimum Gasteiger partial charge on any atom is -0.356 e. The first-order valence-corrected chi connectivity index (χ1v) is 8.93. The van der Waals surface area contributed by atoms with Gasteiger partial charge in [-0.2, -0.15) is 0 Å². The Morgan fingerprint density at radius 3 is 2.38 bits per heavy atom. The van der Waals surface area contributed by atoms with E-state index in [4.69, 9.17) is 0 Å². The fourth-order valence-corrected chi connectivity index (χ4v) is 2.75. The number of rotatable bonds is 5. The van der Waals surface area contributed by atoms with Crippen molar-refractivity contribution in [2.24, 2.45) is 10.9 Å². The number of nitrogens with one attached hydrogen (secondary N) is 2. The molecule has 0 bridgehead atoms. The summed E-state index contributed by atoms with van der Waals surface area (Å²) in [6.45, 7) is 7.69. The second-order valence-corrected chi connectivity index (χ2v) is 6.75. The molecule has 1 aromatic carbocycles. The van der Waals surface area contributed by atoms with Crippen LogP contribution in [-0.4, -0.2) is 43.4 Å². The van der Waals surface area contributed by atoms with Crippen molar-refractivity contribution in [3.05, 3.63) is 35.4 Å². The molecule has 5 heteroatoms. The van der Waals surface area contributed by atoms with Crippen LogP contribution < -0.4 is 10.6 Å². The van der Waals surface area contributed by atoms with Gasteiger partial charge >= 0.3 is 0 Å². The number of carbonyl (C=O) groups is 1. The van der Waals surface area contributed by atoms with Gasteiger partial charge < -0.3 is 15.5 Å². The van der Waals surface area contributed by atoms with Crippen LogP contribution in [0.5, 0.6) is 0 Å². The van der Waals surface area contributed by atoms with Gasteiger partial charge in [0.15, 0.2) is 5.96 Å². The molecular weight excluding hydrogens is 300 g/mol. The molecule has 2 N–H and O–H groups in total. The van der Waals surface area contributed by atoms with Gasteiger partial charge in [0.05, 0.1) is 0 Å². The topological polar surface area (TPSA) is 56.7 Å². The van der Waals surface area contributed by atoms with E-state index in [2.05, 4.69) is 29.5 Å². The molecule has 0 spiro atoms. The molecular formula is C19H30N4O. The normalized spacial score (nSPS) is 15.5. The quantitative estimate of drug-likeness (QED) is 0.644. The summed E-state index contributed by atoms with van der Waals surface area (Å²) in [7, 11) is 1.77. The lowest BCUT2D eigenvalue weighted by Crippen LogP contribution is -2.38. The molecule has 2 rings (SSSR count). The molecule has 1 aliphatic rings. The van der Waals surface area contributed by atoms with Crippen LogP contribution in [0.2, 0.25) is 0 Å². The van der Waals surface area contributed by atoms with E-state index >= 15 is 0 Å². The maximum atomic E-state index is 12.5. The summed E-state index contributed by atoms with van der Waals surface area (Å²) in [6, 6.07) is 7.89. The van der Waals surface area contributed by atoms with Crippen LogP contribution in [0.3, 0.4) is 0 Å². The monoisotopic (exact) mass is 330 g/mol. The first-order valence-electron chi connectivity index (χ1n) is 8.93. The van der Waals surface area contributed by atoms with Gasteiger partial charge in [0, 0.05) is 38.8 Å². The lowest BCUT2D eigenvalue weighted by molar-refractivity contribution is 0.0724. The third-order valence-corrected chi connectivity index (χ3v) is 4.21. The van der Waals surface area contributed by atoms with Gasteiger partial charge in [-0.05, 0) is 42.9 Å². The number of benzene rings is 1. The second kappa shape index (κ2) is 9.30. The molecule has 1 saturated heterocycles. The summed E-state index contributed by atoms with van der Waals surface area (Å²) in [5.41, 5.74) is 1.92. The SMILES string of the molecule is CN=C(NCc1ccc(C(=O)N2CCCCC2)cc1)NCC(C)C. The van der Waals surface area contributed by atoms with E-state index in [0.29, 0.717) is 12.5 Å². The number of hydrogen-bond acceptors (Lipinski definition) is 2. The molecule has 132 valence electrons. The van der Waals surface area contributed by atoms with Crippen LogP contribution in [0, 0.1) is 5.92 Å². The Kier molecular flexibility index (Phi) is 7.09. The van der Waals surface area contributed by atoms with Gasteiger partial charge in [-0.1, -0.05) is 26.0 Å². The Hall–Kier alpha value is -2.04. The van der Waals surface area contributed by atoms with Crippen LogP contribution in [0.25, 0.3) is 0 Å². The fourth-order valence-electron chi connectivity index (χ4n) is 2.75. The number of guanidine groups is 1. The van der Waals surface area contributed by atoms with Gasteiger partial charge in [0.1, 0.15) is 0 Å². The summed E-state index contributed by atoms with van der Waals surface area (Å²) >= 11 is 0. The van der Waals surface area contributed by atoms with E-state index < -0.39 is 0 Å². The third-order valence-electron chi connectivity index (χ3n) is 4.21. The molecule has 1 heterocycles. The highest BCUT2D eigenvalue weighted by Crippen LogP contribution is 2.13. The van der Waals surface area contributed by atoms with Crippen molar-refractivity contribution in [1.82, 2.24) is 15.5 Å². The highest BCUT2D eigenvalue weighted by Gasteiger charge is 2.17. The first kappa shape index (κ1) is 18.3. The molecule has 1 aliphatic heterocycles. The van der Waals surface area contributed by atoms with E-state index in [-0.39, 0.29) is 5.91 Å². The maximum absolute atomic E-state index is 12.5. The van der Waals surface area contributed by atoms with Crippen LogP contribution >= 0.6 is 0 Å². The third kappa shape index (κ3) is 5.55. The molecule has 1 amide bonds. The number of likely N-dealkylation sites (tertiary alicyclic amines) is 1. The average Bonchev–Trinajstić information content (AvgIpc) is 2.62. The number of aliphatic imine (C=N–C) groups is 1. The van der Waals surface area contributed by atoms with Crippen molar-refractivity contribution in [2.75, 3.05) is 26.7 Å². The van der Waals surface area contributed by atoms with Crippen molar-refractivity contribution in [2.45, 2.75) is 39.7 Å². The Morgan fingerprint density at radius 1 is 1.12 bits per heavy atom. The van der Waals surface area contributed by atoms with E-state index in [9.17, 15) is 4.79 Å². The number of hydrogen-bond donors (Lipinski definition) is 2. The Bertz CT molecular complexity index is 545. The first-order chi connectivity index (χ1) is 11.6. The predicted molar refractivity (Wildman–Crippen MR) is 99.2 cm³/mol. The van der Waals surface area contributed by atoms with Crippen molar-refractivity contribution < 1.29 is 4.79 Å². The Labute approximate surface area is 145 Å². The minimum absolute atomic E-state index is 0.156. The summed E-state index contributed by atoms with van der Waals surface area (Å²) in [5, 5.41) is 6.59. The van der Waals surface area contributed by atoms with E-state index in [1.165, 1.54) is 6.42 Å². The smallest absolute Gasteiger partial charge is 0.253 e. The van der Waals surface area contributed by atoms with Crippen LogP contribution in [-0.2, 0) is 6.54 Å². The lowest BCUT2D eigenvalue weighted by atomic mass is 10.1. The number of nitrogens with zero attached hydrogens (tertiary/aromatic N) is 2. The Balaban J connectivity index is 1.86. The predicted octanol–water partition coefficient (Wildman–Crippen LogP) is 2.63. The summed E-state index contributed by atoms with van der Waals surface area (Å²) in [4.78, 5) is 18.6. The van der Waals surface area contributed by atoms with Gasteiger partial charge in [0.25, 0.3) is 5.91 Å². The number of carbonyl (C=O) groups excluding carboxylic acids is 1. The van der Waals surface area contributed by atoms with E-state index in [1.807, 2.05) is 29.2 Å². The highest BCUT2D eigenvalue weighted by atomic mass is 16.2. The summed E-state index contributed by atoms with van der Waals surface area (Å²) in [6.07, 6.45) is 3.48. The van der Waals surface area contributed by atoms with Crippen molar-refractivity contribution in [3.8, 4) is 0 Å². The average molecular weight is 330 g/mol. The molecule has 1 fully saturated rings. The zero-order valence-electron chi connectivity index (χ0n) is 15.1. The van der Waals surface area contributed by atoms with E-state index in [0.717, 1.165) is 49.6 Å². The molecule has 0 aliphatic carbocycles. The van der Waals surface area contributed by atoms with Gasteiger partial charge in [-0.25, -0.2) is 0 Å². The lowest BCUT2D eigenvalue weighted by Gasteiger charge is -2.26. The minimum atomic E-state index is 0.156. The molecule has 0 saturated carbocycles. The molecule has 0 atom stereocenters. The summed E-state index contributed by atoms with van der Waals surface area (Å²) in [5.74, 6) is 1.53. The number of piperidine rings is 1. The number of amides is 1. The van der Waals surface area contributed by atoms with Crippen molar-refractivity contribution in [1.29, 1.82) is 0 Å². The van der Waals surface area contributed by atoms with Crippen LogP contribution in [0.1, 0.15) is 49.0 Å². The van der Waals surface area contributed by atoms with Gasteiger partial charge in [-0.15, -0.1) is 0 Å². The standard InChI is InChI=1S/C19H30N4O/c1-15(2)13-21-19(20-3)22-14-16-7-9-17(10-8-16)18(24)23-11-5-4-6-12-23/h7-10,15H,4-6,11-14H2,1-3H3,(H2,20,21,22). The Morgan fingerprint density at radius 2 is 1.79 bits per heavy atom. The fraction of sp³-hybridized carbons (Fsp3) is 0.579. The van der Waals surface area contributed by atoms with Gasteiger partial charge in [-0.3, -0.25) is 9.79 Å². The highest BCUT2D eigenvalue weighted by molar-refractivity contribution is 5.94. The summed E-state index contributed by atoms with van der Waals surface area (Å²) < 4.78 is 0. The largest absolute Gasteiger partial charge is 0.356 e. The van der Waals surface area contributed by atoms with Crippen LogP contribution in [0.15, 0.2) is 29.3 Å². The molecule has 0 unspecified atom stereocenters. The molecule has 0 radical (unpaired) electrons. The van der Waals surface area contributed by atoms with Crippen molar-refractivity contribution in [3.63, 3.8) is 0 Å². The van der Waals surface area contributed by atoms with Crippen LogP contribution in [0.4, 0.5) is 0 Å². The maximum Gasteiger partial charge on any atom is 0.253 e. The zero-order chi connectivity index (χ0) is 17.4. The molecule has 0 aromatic heterocycles. The molecule has 24 heavy (non-hydrogen) atoms. The van der Waals surface area contributed by atoms with Crippen molar-refractivity contribution >= 4 is 11.9 Å². The molecule has 1 aromatic rings. The zero-order valence-corrected chi connectivity index (χ0v) is 15.1.